The number of nitrogens with zero attached hydrogens (tertiary/aromatic N) is 2. The summed E-state index contributed by atoms with van der Waals surface area (Å²) in [5.74, 6) is -8.87. The molecule has 4 atom stereocenters. The third kappa shape index (κ3) is 4.12. The molecule has 2 amide bonds. The van der Waals surface area contributed by atoms with E-state index in [9.17, 15) is 39.6 Å². The van der Waals surface area contributed by atoms with Gasteiger partial charge in [-0.15, -0.1) is 0 Å². The molecular weight excluding hydrogens is 563 g/mol. The van der Waals surface area contributed by atoms with Gasteiger partial charge < -0.3 is 36.4 Å². The van der Waals surface area contributed by atoms with E-state index in [1.165, 1.54) is 23.9 Å². The minimum Gasteiger partial charge on any atom is -0.508 e. The van der Waals surface area contributed by atoms with Gasteiger partial charge in [-0.05, 0) is 45.7 Å². The summed E-state index contributed by atoms with van der Waals surface area (Å²) in [6.45, 7) is -0.0917. The molecule has 2 fully saturated rings. The molecule has 0 spiro atoms. The van der Waals surface area contributed by atoms with Crippen molar-refractivity contribution in [3.05, 3.63) is 45.0 Å². The van der Waals surface area contributed by atoms with Crippen LogP contribution in [0.25, 0.3) is 5.76 Å². The highest BCUT2D eigenvalue weighted by atomic mass is 19.1. The number of amides is 2. The van der Waals surface area contributed by atoms with Gasteiger partial charge in [-0.3, -0.25) is 24.1 Å². The lowest BCUT2D eigenvalue weighted by Crippen LogP contribution is -2.65. The second-order valence-electron chi connectivity index (χ2n) is 12.5. The molecule has 2 saturated carbocycles. The molecule has 5 aliphatic rings. The van der Waals surface area contributed by atoms with Gasteiger partial charge in [0, 0.05) is 40.8 Å². The molecule has 0 aromatic heterocycles. The minimum absolute atomic E-state index is 0.0414. The van der Waals surface area contributed by atoms with E-state index in [2.05, 4.69) is 5.32 Å². The molecule has 13 heteroatoms. The number of aromatic hydroxyl groups is 1. The number of fused-ring (bicyclic) bond motifs is 4. The number of primary amides is 1. The Morgan fingerprint density at radius 2 is 1.74 bits per heavy atom. The molecule has 230 valence electrons. The number of aliphatic hydroxyl groups is 3. The Morgan fingerprint density at radius 1 is 1.09 bits per heavy atom. The highest BCUT2D eigenvalue weighted by Crippen LogP contribution is 2.54. The number of benzene rings is 1. The number of phenols is 1. The summed E-state index contributed by atoms with van der Waals surface area (Å²) in [7, 11) is 3.01. The first-order valence-electron chi connectivity index (χ1n) is 14.5. The summed E-state index contributed by atoms with van der Waals surface area (Å²) in [5.41, 5.74) is 1.21. The molecule has 0 saturated heterocycles. The van der Waals surface area contributed by atoms with Crippen LogP contribution in [0.15, 0.2) is 16.9 Å². The fourth-order valence-corrected chi connectivity index (χ4v) is 7.86. The van der Waals surface area contributed by atoms with Gasteiger partial charge >= 0.3 is 0 Å². The predicted octanol–water partition coefficient (Wildman–Crippen LogP) is 0.478. The van der Waals surface area contributed by atoms with Crippen LogP contribution < -0.4 is 11.1 Å². The standard InChI is InChI=1S/C30H35FN4O8/c1-34(2)23-17-8-12-7-14-20(25(38)19(12)27(40)30(17,43)28(41)21(26(23)39)29(32)42)24(37)16-11-35(10-15(16)22(14)31)18(36)9-33-13-5-3-4-6-13/h12-13,17,23,33,37-38,41,43H,3-11H2,1-2H3,(H2,32,42)/t12?,17?,23-,30-/m0/s1. The zero-order valence-corrected chi connectivity index (χ0v) is 23.9. The van der Waals surface area contributed by atoms with E-state index in [-0.39, 0.29) is 72.3 Å². The fraction of sp³-hybridized carbons (Fsp3) is 0.533. The summed E-state index contributed by atoms with van der Waals surface area (Å²) in [6.07, 6.45) is 3.88. The van der Waals surface area contributed by atoms with Gasteiger partial charge in [0.05, 0.1) is 24.7 Å². The van der Waals surface area contributed by atoms with E-state index in [0.717, 1.165) is 25.7 Å². The smallest absolute Gasteiger partial charge is 0.255 e. The van der Waals surface area contributed by atoms with Gasteiger partial charge in [0.15, 0.2) is 11.4 Å². The molecule has 1 aliphatic heterocycles. The molecule has 0 radical (unpaired) electrons. The Hall–Kier alpha value is -3.81. The second-order valence-corrected chi connectivity index (χ2v) is 12.5. The lowest BCUT2D eigenvalue weighted by atomic mass is 9.57. The molecule has 2 unspecified atom stereocenters. The van der Waals surface area contributed by atoms with Gasteiger partial charge in [-0.25, -0.2) is 4.39 Å². The lowest BCUT2D eigenvalue weighted by molar-refractivity contribution is -0.153. The van der Waals surface area contributed by atoms with E-state index in [1.807, 2.05) is 0 Å². The van der Waals surface area contributed by atoms with E-state index in [1.54, 1.807) is 0 Å². The van der Waals surface area contributed by atoms with Crippen molar-refractivity contribution < 1.29 is 44.0 Å². The van der Waals surface area contributed by atoms with E-state index in [0.29, 0.717) is 0 Å². The van der Waals surface area contributed by atoms with Crippen LogP contribution >= 0.6 is 0 Å². The number of likely N-dealkylation sites (N-methyl/N-ethyl adjacent to an activating group) is 1. The number of ketones is 2. The number of carbonyl (C=O) groups excluding carboxylic acids is 4. The van der Waals surface area contributed by atoms with Crippen LogP contribution in [0.5, 0.6) is 5.75 Å². The second kappa shape index (κ2) is 10.1. The third-order valence-corrected chi connectivity index (χ3v) is 9.98. The van der Waals surface area contributed by atoms with Crippen LogP contribution in [-0.4, -0.2) is 91.9 Å². The van der Waals surface area contributed by atoms with Crippen LogP contribution in [0.4, 0.5) is 4.39 Å². The molecule has 4 aliphatic carbocycles. The van der Waals surface area contributed by atoms with Crippen molar-refractivity contribution in [2.75, 3.05) is 20.6 Å². The zero-order chi connectivity index (χ0) is 31.1. The number of nitrogens with one attached hydrogen (secondary N) is 1. The van der Waals surface area contributed by atoms with Crippen LogP contribution in [0.2, 0.25) is 0 Å². The van der Waals surface area contributed by atoms with Crippen LogP contribution in [-0.2, 0) is 38.7 Å². The number of nitrogens with two attached hydrogens (primary N) is 1. The Balaban J connectivity index is 1.39. The van der Waals surface area contributed by atoms with Crippen molar-refractivity contribution in [2.45, 2.75) is 69.3 Å². The van der Waals surface area contributed by atoms with Gasteiger partial charge in [0.1, 0.15) is 28.7 Å². The average molecular weight is 599 g/mol. The number of carbonyl (C=O) groups is 4. The number of Topliss-reactive ketones (excluding diaryl/α,β-unsaturated/α-hetero) is 2. The summed E-state index contributed by atoms with van der Waals surface area (Å²) in [6, 6.07) is -0.974. The minimum atomic E-state index is -2.77. The molecule has 1 heterocycles. The number of rotatable bonds is 5. The number of hydrogen-bond acceptors (Lipinski definition) is 10. The monoisotopic (exact) mass is 598 g/mol. The number of phenolic OH excluding ortho intramolecular Hbond substituents is 1. The van der Waals surface area contributed by atoms with Crippen molar-refractivity contribution in [1.29, 1.82) is 0 Å². The van der Waals surface area contributed by atoms with Crippen molar-refractivity contribution in [2.24, 2.45) is 17.6 Å². The number of hydrogen-bond donors (Lipinski definition) is 6. The molecule has 1 aromatic carbocycles. The highest BCUT2D eigenvalue weighted by Gasteiger charge is 2.64. The molecule has 12 nitrogen and oxygen atoms in total. The maximum absolute atomic E-state index is 16.1. The molecule has 43 heavy (non-hydrogen) atoms. The quantitative estimate of drug-likeness (QED) is 0.260. The summed E-state index contributed by atoms with van der Waals surface area (Å²) in [5, 5.41) is 48.6. The first kappa shape index (κ1) is 29.3. The van der Waals surface area contributed by atoms with Crippen molar-refractivity contribution in [3.63, 3.8) is 0 Å². The maximum Gasteiger partial charge on any atom is 0.255 e. The van der Waals surface area contributed by atoms with E-state index < -0.39 is 69.6 Å². The average Bonchev–Trinajstić information content (AvgIpc) is 3.63. The topological polar surface area (TPSA) is 194 Å². The van der Waals surface area contributed by atoms with Crippen molar-refractivity contribution in [1.82, 2.24) is 15.1 Å². The van der Waals surface area contributed by atoms with Crippen molar-refractivity contribution in [3.8, 4) is 5.75 Å². The predicted molar refractivity (Wildman–Crippen MR) is 149 cm³/mol. The van der Waals surface area contributed by atoms with E-state index in [4.69, 9.17) is 5.73 Å². The number of halogens is 1. The number of aliphatic hydroxyl groups excluding tert-OH is 2. The maximum atomic E-state index is 16.1. The normalized spacial score (nSPS) is 28.8. The molecule has 6 rings (SSSR count). The van der Waals surface area contributed by atoms with Gasteiger partial charge in [0.2, 0.25) is 11.7 Å². The molecule has 7 N–H and O–H groups in total. The first-order chi connectivity index (χ1) is 20.3. The molecular formula is C30H35FN4O8. The Labute approximate surface area is 246 Å². The largest absolute Gasteiger partial charge is 0.508 e. The van der Waals surface area contributed by atoms with Crippen molar-refractivity contribution >= 4 is 29.1 Å². The van der Waals surface area contributed by atoms with Crippen LogP contribution in [0.3, 0.4) is 0 Å². The Bertz CT molecular complexity index is 1540. The van der Waals surface area contributed by atoms with Gasteiger partial charge in [-0.1, -0.05) is 12.8 Å². The highest BCUT2D eigenvalue weighted by molar-refractivity contribution is 6.24. The van der Waals surface area contributed by atoms with Gasteiger partial charge in [-0.2, -0.15) is 0 Å². The van der Waals surface area contributed by atoms with E-state index >= 15 is 4.39 Å². The Morgan fingerprint density at radius 3 is 2.37 bits per heavy atom. The molecule has 1 aromatic rings. The molecule has 0 bridgehead atoms. The van der Waals surface area contributed by atoms with Crippen LogP contribution in [0.1, 0.15) is 54.4 Å². The fourth-order valence-electron chi connectivity index (χ4n) is 7.86. The summed E-state index contributed by atoms with van der Waals surface area (Å²) in [4.78, 5) is 55.1. The zero-order valence-electron chi connectivity index (χ0n) is 23.9. The summed E-state index contributed by atoms with van der Waals surface area (Å²) < 4.78 is 16.1. The Kier molecular flexibility index (Phi) is 6.90. The summed E-state index contributed by atoms with van der Waals surface area (Å²) >= 11 is 0. The van der Waals surface area contributed by atoms with Crippen LogP contribution in [0, 0.1) is 17.7 Å². The van der Waals surface area contributed by atoms with Gasteiger partial charge in [0.25, 0.3) is 5.91 Å². The lowest BCUT2D eigenvalue weighted by Gasteiger charge is -2.50. The SMILES string of the molecule is CN(C)[C@@H]1C(=O)C(C(N)=O)=C(O)[C@@]2(O)C(=O)C3=C(O)c4c(O)c5c(c(F)c4CC3CC12)CN(C(=O)CNC1CCCC1)C5. The first-order valence-corrected chi connectivity index (χ1v) is 14.5. The third-order valence-electron chi connectivity index (χ3n) is 9.98.